The van der Waals surface area contributed by atoms with E-state index in [1.165, 1.54) is 11.1 Å². The van der Waals surface area contributed by atoms with Crippen LogP contribution in [0.5, 0.6) is 0 Å². The SMILES string of the molecule is CC(C)CC(=O)NCC1OCCc2cn(Cc3ccccc3)nc21.O=C(O)C(F)(F)F. The number of carbonyl (C=O) groups is 2. The molecule has 2 N–H and O–H groups in total. The lowest BCUT2D eigenvalue weighted by molar-refractivity contribution is -0.192. The summed E-state index contributed by atoms with van der Waals surface area (Å²) in [5, 5.41) is 14.8. The van der Waals surface area contributed by atoms with Gasteiger partial charge in [0.2, 0.25) is 5.91 Å². The van der Waals surface area contributed by atoms with Crippen LogP contribution in [0.4, 0.5) is 13.2 Å². The molecule has 1 aromatic carbocycles. The Labute approximate surface area is 178 Å². The second-order valence-corrected chi connectivity index (χ2v) is 7.54. The van der Waals surface area contributed by atoms with Gasteiger partial charge < -0.3 is 15.2 Å². The molecule has 1 atom stereocenters. The Morgan fingerprint density at radius 2 is 1.94 bits per heavy atom. The first-order chi connectivity index (χ1) is 14.6. The summed E-state index contributed by atoms with van der Waals surface area (Å²) in [6.07, 6.45) is -1.71. The molecule has 3 rings (SSSR count). The quantitative estimate of drug-likeness (QED) is 0.717. The fourth-order valence-corrected chi connectivity index (χ4v) is 2.99. The van der Waals surface area contributed by atoms with E-state index in [9.17, 15) is 18.0 Å². The average Bonchev–Trinajstić information content (AvgIpc) is 3.09. The number of ether oxygens (including phenoxy) is 1. The maximum absolute atomic E-state index is 11.9. The van der Waals surface area contributed by atoms with Crippen LogP contribution in [-0.2, 0) is 27.3 Å². The van der Waals surface area contributed by atoms with Gasteiger partial charge in [-0.2, -0.15) is 18.3 Å². The Balaban J connectivity index is 0.000000423. The smallest absolute Gasteiger partial charge is 0.475 e. The standard InChI is InChI=1S/C19H25N3O2.C2HF3O2/c1-14(2)10-18(23)20-11-17-19-16(8-9-24-17)13-22(21-19)12-15-6-4-3-5-7-15;3-2(4,5)1(6)7/h3-7,13-14,17H,8-12H2,1-2H3,(H,20,23);(H,6,7). The van der Waals surface area contributed by atoms with Crippen molar-refractivity contribution in [2.45, 2.75) is 45.5 Å². The summed E-state index contributed by atoms with van der Waals surface area (Å²) < 4.78 is 39.5. The van der Waals surface area contributed by atoms with Gasteiger partial charge in [-0.3, -0.25) is 9.48 Å². The lowest BCUT2D eigenvalue weighted by Gasteiger charge is -2.22. The van der Waals surface area contributed by atoms with Crippen molar-refractivity contribution < 1.29 is 32.6 Å². The van der Waals surface area contributed by atoms with E-state index in [4.69, 9.17) is 19.7 Å². The Bertz CT molecular complexity index is 867. The van der Waals surface area contributed by atoms with E-state index in [1.54, 1.807) is 0 Å². The van der Waals surface area contributed by atoms with Crippen LogP contribution in [-0.4, -0.2) is 46.1 Å². The predicted molar refractivity (Wildman–Crippen MR) is 106 cm³/mol. The predicted octanol–water partition coefficient (Wildman–Crippen LogP) is 3.34. The molecule has 31 heavy (non-hydrogen) atoms. The lowest BCUT2D eigenvalue weighted by Crippen LogP contribution is -2.32. The molecule has 0 saturated carbocycles. The number of alkyl halides is 3. The van der Waals surface area contributed by atoms with Gasteiger partial charge in [-0.1, -0.05) is 44.2 Å². The number of aliphatic carboxylic acids is 1. The Kier molecular flexibility index (Phi) is 8.61. The number of nitrogens with zero attached hydrogens (tertiary/aromatic N) is 2. The number of fused-ring (bicyclic) bond motifs is 1. The largest absolute Gasteiger partial charge is 0.490 e. The van der Waals surface area contributed by atoms with Crippen LogP contribution in [0, 0.1) is 5.92 Å². The molecule has 1 unspecified atom stereocenters. The molecular weight excluding hydrogens is 415 g/mol. The Hall–Kier alpha value is -2.88. The fourth-order valence-electron chi connectivity index (χ4n) is 2.99. The molecule has 1 amide bonds. The average molecular weight is 441 g/mol. The van der Waals surface area contributed by atoms with Gasteiger partial charge in [0.05, 0.1) is 18.8 Å². The van der Waals surface area contributed by atoms with Gasteiger partial charge in [0, 0.05) is 19.2 Å². The summed E-state index contributed by atoms with van der Waals surface area (Å²) in [5.41, 5.74) is 3.40. The van der Waals surface area contributed by atoms with Crippen LogP contribution >= 0.6 is 0 Å². The van der Waals surface area contributed by atoms with E-state index < -0.39 is 12.1 Å². The van der Waals surface area contributed by atoms with Crippen molar-refractivity contribution in [3.05, 3.63) is 53.3 Å². The molecule has 10 heteroatoms. The van der Waals surface area contributed by atoms with Gasteiger partial charge in [0.25, 0.3) is 0 Å². The first-order valence-corrected chi connectivity index (χ1v) is 9.84. The highest BCUT2D eigenvalue weighted by molar-refractivity contribution is 5.76. The van der Waals surface area contributed by atoms with Gasteiger partial charge >= 0.3 is 12.1 Å². The van der Waals surface area contributed by atoms with E-state index in [1.807, 2.05) is 36.7 Å². The summed E-state index contributed by atoms with van der Waals surface area (Å²) in [7, 11) is 0. The summed E-state index contributed by atoms with van der Waals surface area (Å²) in [5.74, 6) is -2.32. The molecule has 170 valence electrons. The minimum absolute atomic E-state index is 0.0736. The van der Waals surface area contributed by atoms with Gasteiger partial charge in [-0.25, -0.2) is 4.79 Å². The zero-order valence-corrected chi connectivity index (χ0v) is 17.4. The van der Waals surface area contributed by atoms with Gasteiger partial charge in [-0.05, 0) is 23.5 Å². The molecule has 0 spiro atoms. The molecular formula is C21H26F3N3O4. The van der Waals surface area contributed by atoms with Crippen LogP contribution in [0.1, 0.15) is 43.2 Å². The van der Waals surface area contributed by atoms with Gasteiger partial charge in [0.1, 0.15) is 6.10 Å². The molecule has 0 fully saturated rings. The van der Waals surface area contributed by atoms with Crippen LogP contribution in [0.15, 0.2) is 36.5 Å². The third-order valence-corrected chi connectivity index (χ3v) is 4.37. The first-order valence-electron chi connectivity index (χ1n) is 9.84. The van der Waals surface area contributed by atoms with Crippen molar-refractivity contribution in [1.29, 1.82) is 0 Å². The lowest BCUT2D eigenvalue weighted by atomic mass is 10.1. The van der Waals surface area contributed by atoms with Crippen LogP contribution in [0.2, 0.25) is 0 Å². The van der Waals surface area contributed by atoms with Crippen LogP contribution in [0.25, 0.3) is 0 Å². The minimum Gasteiger partial charge on any atom is -0.475 e. The molecule has 1 aliphatic heterocycles. The summed E-state index contributed by atoms with van der Waals surface area (Å²) in [6.45, 7) is 6.00. The number of nitrogens with one attached hydrogen (secondary N) is 1. The highest BCUT2D eigenvalue weighted by Crippen LogP contribution is 2.25. The summed E-state index contributed by atoms with van der Waals surface area (Å²) in [6, 6.07) is 10.3. The zero-order chi connectivity index (χ0) is 23.0. The molecule has 0 radical (unpaired) electrons. The van der Waals surface area contributed by atoms with Crippen molar-refractivity contribution in [1.82, 2.24) is 15.1 Å². The first kappa shape index (κ1) is 24.4. The number of hydrogen-bond acceptors (Lipinski definition) is 4. The Morgan fingerprint density at radius 1 is 1.29 bits per heavy atom. The number of rotatable bonds is 6. The van der Waals surface area contributed by atoms with Crippen molar-refractivity contribution in [2.75, 3.05) is 13.2 Å². The number of aromatic nitrogens is 2. The fraction of sp³-hybridized carbons (Fsp3) is 0.476. The molecule has 7 nitrogen and oxygen atoms in total. The summed E-state index contributed by atoms with van der Waals surface area (Å²) in [4.78, 5) is 20.8. The van der Waals surface area contributed by atoms with E-state index in [0.717, 1.165) is 18.7 Å². The summed E-state index contributed by atoms with van der Waals surface area (Å²) >= 11 is 0. The molecule has 0 saturated heterocycles. The molecule has 1 aliphatic rings. The number of halogens is 3. The van der Waals surface area contributed by atoms with E-state index in [2.05, 4.69) is 23.6 Å². The second-order valence-electron chi connectivity index (χ2n) is 7.54. The van der Waals surface area contributed by atoms with Crippen molar-refractivity contribution in [3.63, 3.8) is 0 Å². The number of amides is 1. The second kappa shape index (κ2) is 10.9. The highest BCUT2D eigenvalue weighted by atomic mass is 19.4. The van der Waals surface area contributed by atoms with Crippen LogP contribution in [0.3, 0.4) is 0 Å². The number of hydrogen-bond donors (Lipinski definition) is 2. The van der Waals surface area contributed by atoms with Crippen molar-refractivity contribution >= 4 is 11.9 Å². The third kappa shape index (κ3) is 8.05. The molecule has 2 aromatic rings. The number of benzene rings is 1. The number of carboxylic acid groups (broad SMARTS) is 1. The van der Waals surface area contributed by atoms with E-state index in [0.29, 0.717) is 25.5 Å². The minimum atomic E-state index is -5.08. The normalized spacial score (nSPS) is 15.6. The molecule has 1 aromatic heterocycles. The van der Waals surface area contributed by atoms with Gasteiger partial charge in [-0.15, -0.1) is 0 Å². The van der Waals surface area contributed by atoms with Gasteiger partial charge in [0.15, 0.2) is 0 Å². The van der Waals surface area contributed by atoms with E-state index >= 15 is 0 Å². The topological polar surface area (TPSA) is 93.5 Å². The third-order valence-electron chi connectivity index (χ3n) is 4.37. The molecule has 0 aliphatic carbocycles. The zero-order valence-electron chi connectivity index (χ0n) is 17.4. The maximum atomic E-state index is 11.9. The van der Waals surface area contributed by atoms with Crippen LogP contribution < -0.4 is 5.32 Å². The molecule has 0 bridgehead atoms. The monoisotopic (exact) mass is 441 g/mol. The number of carbonyl (C=O) groups excluding carboxylic acids is 1. The van der Waals surface area contributed by atoms with Crippen molar-refractivity contribution in [3.8, 4) is 0 Å². The maximum Gasteiger partial charge on any atom is 0.490 e. The highest BCUT2D eigenvalue weighted by Gasteiger charge is 2.38. The van der Waals surface area contributed by atoms with Crippen molar-refractivity contribution in [2.24, 2.45) is 5.92 Å². The molecule has 2 heterocycles. The number of carboxylic acids is 1. The van der Waals surface area contributed by atoms with E-state index in [-0.39, 0.29) is 12.0 Å². The Morgan fingerprint density at radius 3 is 2.52 bits per heavy atom.